The topological polar surface area (TPSA) is 71.0 Å². The molecule has 0 aromatic heterocycles. The average Bonchev–Trinajstić information content (AvgIpc) is 2.66. The molecule has 0 fully saturated rings. The van der Waals surface area contributed by atoms with Gasteiger partial charge in [-0.1, -0.05) is 42.5 Å². The minimum Gasteiger partial charge on any atom is -0.273 e. The highest BCUT2D eigenvalue weighted by molar-refractivity contribution is 6.39. The van der Waals surface area contributed by atoms with Gasteiger partial charge in [0.2, 0.25) is 5.91 Å². The molecule has 1 heterocycles. The van der Waals surface area contributed by atoms with Crippen LogP contribution in [0.2, 0.25) is 0 Å². The van der Waals surface area contributed by atoms with Gasteiger partial charge in [-0.2, -0.15) is 5.10 Å². The largest absolute Gasteiger partial charge is 0.291 e. The van der Waals surface area contributed by atoms with Gasteiger partial charge in [-0.25, -0.2) is 14.9 Å². The second-order valence-corrected chi connectivity index (χ2v) is 5.83. The van der Waals surface area contributed by atoms with Gasteiger partial charge in [0.05, 0.1) is 13.2 Å². The quantitative estimate of drug-likeness (QED) is 0.810. The Morgan fingerprint density at radius 3 is 2.54 bits per heavy atom. The number of nitrogens with one attached hydrogen (secondary N) is 1. The third-order valence-electron chi connectivity index (χ3n) is 3.86. The van der Waals surface area contributed by atoms with Crippen molar-refractivity contribution in [3.8, 4) is 0 Å². The maximum atomic E-state index is 13.0. The van der Waals surface area contributed by atoms with E-state index < -0.39 is 5.91 Å². The van der Waals surface area contributed by atoms with Crippen LogP contribution in [0, 0.1) is 5.82 Å². The molecule has 2 amide bonds. The number of hydroxylamine groups is 1. The summed E-state index contributed by atoms with van der Waals surface area (Å²) < 4.78 is 13.0. The van der Waals surface area contributed by atoms with Crippen LogP contribution in [0.1, 0.15) is 24.0 Å². The van der Waals surface area contributed by atoms with E-state index in [-0.39, 0.29) is 43.4 Å². The van der Waals surface area contributed by atoms with Crippen molar-refractivity contribution in [2.45, 2.75) is 26.0 Å². The second kappa shape index (κ2) is 8.35. The van der Waals surface area contributed by atoms with E-state index in [1.54, 1.807) is 12.1 Å². The summed E-state index contributed by atoms with van der Waals surface area (Å²) in [6.45, 7) is 0.416. The zero-order valence-electron chi connectivity index (χ0n) is 14.0. The normalized spacial score (nSPS) is 14.1. The number of carbonyl (C=O) groups excluding carboxylic acids is 2. The molecule has 26 heavy (non-hydrogen) atoms. The molecule has 2 aromatic rings. The molecule has 0 spiro atoms. The van der Waals surface area contributed by atoms with Crippen LogP contribution in [0.3, 0.4) is 0 Å². The van der Waals surface area contributed by atoms with Gasteiger partial charge in [0.1, 0.15) is 11.5 Å². The molecule has 0 bridgehead atoms. The molecule has 1 aliphatic rings. The summed E-state index contributed by atoms with van der Waals surface area (Å²) in [5.41, 5.74) is 4.22. The first-order valence-electron chi connectivity index (χ1n) is 8.20. The lowest BCUT2D eigenvalue weighted by molar-refractivity contribution is -0.133. The van der Waals surface area contributed by atoms with Crippen LogP contribution >= 0.6 is 0 Å². The summed E-state index contributed by atoms with van der Waals surface area (Å²) in [4.78, 5) is 29.4. The Kier molecular flexibility index (Phi) is 5.70. The lowest BCUT2D eigenvalue weighted by Crippen LogP contribution is -2.38. The monoisotopic (exact) mass is 355 g/mol. The molecular formula is C19H18FN3O3. The summed E-state index contributed by atoms with van der Waals surface area (Å²) >= 11 is 0. The molecule has 3 rings (SSSR count). The maximum Gasteiger partial charge on any atom is 0.291 e. The van der Waals surface area contributed by atoms with Crippen molar-refractivity contribution in [1.29, 1.82) is 0 Å². The summed E-state index contributed by atoms with van der Waals surface area (Å²) in [6, 6.07) is 15.2. The average molecular weight is 355 g/mol. The van der Waals surface area contributed by atoms with Crippen molar-refractivity contribution in [3.63, 3.8) is 0 Å². The van der Waals surface area contributed by atoms with Gasteiger partial charge in [-0.15, -0.1) is 0 Å². The Balaban J connectivity index is 1.58. The minimum atomic E-state index is -0.475. The number of hydrazone groups is 1. The summed E-state index contributed by atoms with van der Waals surface area (Å²) in [5.74, 6) is -1.01. The number of carbonyl (C=O) groups is 2. The minimum absolute atomic E-state index is 0.181. The Labute approximate surface area is 150 Å². The van der Waals surface area contributed by atoms with Gasteiger partial charge in [-0.05, 0) is 23.3 Å². The molecule has 2 aromatic carbocycles. The molecule has 7 heteroatoms. The zero-order valence-corrected chi connectivity index (χ0v) is 14.0. The molecule has 0 atom stereocenters. The predicted molar refractivity (Wildman–Crippen MR) is 93.0 cm³/mol. The van der Waals surface area contributed by atoms with Crippen molar-refractivity contribution >= 4 is 17.5 Å². The SMILES string of the molecule is O=C(NOCc1ccccc1)C1=NN(Cc2ccc(F)cc2)C(=O)CC1. The number of hydrogen-bond acceptors (Lipinski definition) is 4. The van der Waals surface area contributed by atoms with E-state index in [0.717, 1.165) is 11.1 Å². The molecule has 0 aliphatic carbocycles. The van der Waals surface area contributed by atoms with Crippen LogP contribution in [0.25, 0.3) is 0 Å². The van der Waals surface area contributed by atoms with E-state index in [0.29, 0.717) is 0 Å². The smallest absolute Gasteiger partial charge is 0.273 e. The van der Waals surface area contributed by atoms with E-state index in [9.17, 15) is 14.0 Å². The first-order chi connectivity index (χ1) is 12.6. The van der Waals surface area contributed by atoms with E-state index in [2.05, 4.69) is 10.6 Å². The second-order valence-electron chi connectivity index (χ2n) is 5.83. The highest BCUT2D eigenvalue weighted by Crippen LogP contribution is 2.14. The van der Waals surface area contributed by atoms with Crippen molar-refractivity contribution in [2.75, 3.05) is 0 Å². The molecule has 0 saturated heterocycles. The molecule has 1 aliphatic heterocycles. The van der Waals surface area contributed by atoms with Crippen molar-refractivity contribution < 1.29 is 18.8 Å². The van der Waals surface area contributed by atoms with Crippen molar-refractivity contribution in [1.82, 2.24) is 10.5 Å². The lowest BCUT2D eigenvalue weighted by atomic mass is 10.1. The third-order valence-corrected chi connectivity index (χ3v) is 3.86. The van der Waals surface area contributed by atoms with Gasteiger partial charge in [0.15, 0.2) is 0 Å². The lowest BCUT2D eigenvalue weighted by Gasteiger charge is -2.23. The van der Waals surface area contributed by atoms with Crippen LogP contribution in [-0.2, 0) is 27.6 Å². The standard InChI is InChI=1S/C19H18FN3O3/c20-16-8-6-14(7-9-16)12-23-18(24)11-10-17(21-23)19(25)22-26-13-15-4-2-1-3-5-15/h1-9H,10-13H2,(H,22,25). The number of nitrogens with zero attached hydrogens (tertiary/aromatic N) is 2. The number of benzene rings is 2. The summed E-state index contributed by atoms with van der Waals surface area (Å²) in [5, 5.41) is 5.35. The Bertz CT molecular complexity index is 807. The molecule has 6 nitrogen and oxygen atoms in total. The molecule has 0 saturated carbocycles. The molecular weight excluding hydrogens is 337 g/mol. The molecule has 0 radical (unpaired) electrons. The van der Waals surface area contributed by atoms with Crippen molar-refractivity contribution in [3.05, 3.63) is 71.5 Å². The summed E-state index contributed by atoms with van der Waals surface area (Å²) in [7, 11) is 0. The number of halogens is 1. The van der Waals surface area contributed by atoms with Crippen LogP contribution in [0.5, 0.6) is 0 Å². The van der Waals surface area contributed by atoms with Crippen LogP contribution in [0.4, 0.5) is 4.39 Å². The number of hydrogen-bond donors (Lipinski definition) is 1. The van der Waals surface area contributed by atoms with Gasteiger partial charge in [0.25, 0.3) is 5.91 Å². The van der Waals surface area contributed by atoms with Crippen molar-refractivity contribution in [2.24, 2.45) is 5.10 Å². The predicted octanol–water partition coefficient (Wildman–Crippen LogP) is 2.55. The van der Waals surface area contributed by atoms with Crippen LogP contribution in [0.15, 0.2) is 59.7 Å². The fourth-order valence-corrected chi connectivity index (χ4v) is 2.47. The van der Waals surface area contributed by atoms with Gasteiger partial charge in [-0.3, -0.25) is 14.4 Å². The van der Waals surface area contributed by atoms with Gasteiger partial charge in [0, 0.05) is 12.8 Å². The fraction of sp³-hybridized carbons (Fsp3) is 0.211. The first kappa shape index (κ1) is 17.8. The molecule has 0 unspecified atom stereocenters. The zero-order chi connectivity index (χ0) is 18.4. The Morgan fingerprint density at radius 2 is 1.81 bits per heavy atom. The van der Waals surface area contributed by atoms with Crippen LogP contribution in [-0.4, -0.2) is 22.5 Å². The molecule has 1 N–H and O–H groups in total. The van der Waals surface area contributed by atoms with Gasteiger partial charge < -0.3 is 0 Å². The highest BCUT2D eigenvalue weighted by atomic mass is 19.1. The third kappa shape index (κ3) is 4.73. The molecule has 134 valence electrons. The van der Waals surface area contributed by atoms with E-state index in [4.69, 9.17) is 4.84 Å². The van der Waals surface area contributed by atoms with Crippen LogP contribution < -0.4 is 5.48 Å². The number of rotatable bonds is 6. The fourth-order valence-electron chi connectivity index (χ4n) is 2.47. The Hall–Kier alpha value is -3.06. The van der Waals surface area contributed by atoms with E-state index in [1.807, 2.05) is 30.3 Å². The summed E-state index contributed by atoms with van der Waals surface area (Å²) in [6.07, 6.45) is 0.436. The Morgan fingerprint density at radius 1 is 1.08 bits per heavy atom. The maximum absolute atomic E-state index is 13.0. The van der Waals surface area contributed by atoms with E-state index in [1.165, 1.54) is 17.1 Å². The van der Waals surface area contributed by atoms with Gasteiger partial charge >= 0.3 is 0 Å². The highest BCUT2D eigenvalue weighted by Gasteiger charge is 2.24. The number of amides is 2. The van der Waals surface area contributed by atoms with E-state index >= 15 is 0 Å². The first-order valence-corrected chi connectivity index (χ1v) is 8.20.